The van der Waals surface area contributed by atoms with E-state index in [0.717, 1.165) is 24.1 Å². The number of halogens is 2. The number of hydrogen-bond acceptors (Lipinski definition) is 26. The van der Waals surface area contributed by atoms with Gasteiger partial charge in [0, 0.05) is 92.6 Å². The first-order chi connectivity index (χ1) is 50.7. The van der Waals surface area contributed by atoms with E-state index < -0.39 is 136 Å². The quantitative estimate of drug-likeness (QED) is 0.0487. The summed E-state index contributed by atoms with van der Waals surface area (Å²) in [7, 11) is 2.71. The molecule has 7 heterocycles. The molecule has 0 radical (unpaired) electrons. The van der Waals surface area contributed by atoms with Crippen molar-refractivity contribution in [1.29, 1.82) is 0 Å². The standard InChI is InChI=1S/C76H84F2N6O22/c1-38-28-81(22-20-79(38)32-56-40(3)102-72(94)105-56)64-53(77)25-48-62(68(64)96-6)83(43-9-10-43)30-50(66(48)90)70(92)99-34-46(104-60(89)15-14-59(88)98-36-58(87)76-19-17-52-47-13-8-42-24-45(85)16-18-74(42,5)61(47)55(86)27-75(52,76)37-101-76)35-100-71(93)51-31-84(44-11-12-44)63-49(67(51)91)26-54(78)65(69(63)97-7)82-23-21-80(39(2)29-82)33-57-41(4)103-73(95)106-57/h16,18,24-26,30-31,38-39,43-44,46-47,52,55,61,86H,8-15,17,19-23,27-29,32-37H2,1-7H3. The highest BCUT2D eigenvalue weighted by Gasteiger charge is 2.76. The second kappa shape index (κ2) is 27.7. The number of anilines is 2. The third-order valence-electron chi connectivity index (χ3n) is 24.0. The maximum Gasteiger partial charge on any atom is 0.519 e. The Labute approximate surface area is 604 Å². The molecule has 5 saturated carbocycles. The van der Waals surface area contributed by atoms with Gasteiger partial charge in [-0.3, -0.25) is 38.6 Å². The number of carbonyl (C=O) groups excluding carboxylic acids is 6. The lowest BCUT2D eigenvalue weighted by molar-refractivity contribution is -0.287. The van der Waals surface area contributed by atoms with Crippen molar-refractivity contribution in [3.8, 4) is 11.5 Å². The summed E-state index contributed by atoms with van der Waals surface area (Å²) < 4.78 is 98.5. The van der Waals surface area contributed by atoms with Gasteiger partial charge in [0.25, 0.3) is 0 Å². The summed E-state index contributed by atoms with van der Waals surface area (Å²) in [5, 5.41) is 11.6. The monoisotopic (exact) mass is 1470 g/mol. The van der Waals surface area contributed by atoms with Gasteiger partial charge in [0.2, 0.25) is 16.6 Å². The number of rotatable bonds is 23. The van der Waals surface area contributed by atoms with E-state index in [1.54, 1.807) is 44.9 Å². The van der Waals surface area contributed by atoms with Gasteiger partial charge in [-0.25, -0.2) is 28.0 Å². The van der Waals surface area contributed by atoms with E-state index in [9.17, 15) is 53.1 Å². The lowest BCUT2D eigenvalue weighted by Gasteiger charge is -2.65. The SMILES string of the molecule is COc1c(N2CCN(Cc3oc(=O)oc3C)C(C)C2)c(F)cc2c(=O)c(C(=O)OCC(COC(=O)c3cn(C4CC4)c4c(OC)c(N5CCN(Cc6oc(=O)oc6C)C(C)C5)c(F)cc4c3=O)OC(=O)CCC(=O)OCC(=O)C34CCC5C6CCC7=CC(=O)C=CC7(C)C6C(O)CC53CO4)cn(C3CC3)c12. The molecule has 0 bridgehead atoms. The highest BCUT2D eigenvalue weighted by atomic mass is 19.1. The minimum Gasteiger partial charge on any atom is -0.492 e. The summed E-state index contributed by atoms with van der Waals surface area (Å²) in [5.41, 5.74) is -3.81. The number of benzene rings is 2. The van der Waals surface area contributed by atoms with Gasteiger partial charge >= 0.3 is 35.5 Å². The second-order valence-electron chi connectivity index (χ2n) is 30.2. The van der Waals surface area contributed by atoms with Crippen molar-refractivity contribution in [1.82, 2.24) is 18.9 Å². The fraction of sp³-hybridized carbons (Fsp3) is 0.553. The van der Waals surface area contributed by atoms with Crippen LogP contribution in [0.1, 0.15) is 147 Å². The van der Waals surface area contributed by atoms with Gasteiger partial charge in [-0.2, -0.15) is 0 Å². The third-order valence-corrected chi connectivity index (χ3v) is 24.0. The van der Waals surface area contributed by atoms with Crippen LogP contribution in [0.2, 0.25) is 0 Å². The van der Waals surface area contributed by atoms with Crippen LogP contribution in [0, 0.1) is 54.1 Å². The number of ether oxygens (including phenoxy) is 7. The Balaban J connectivity index is 0.659. The third kappa shape index (κ3) is 12.6. The number of pyridine rings is 2. The van der Waals surface area contributed by atoms with Crippen LogP contribution in [-0.4, -0.2) is 169 Å². The Morgan fingerprint density at radius 1 is 0.679 bits per heavy atom. The number of nitrogens with zero attached hydrogens (tertiary/aromatic N) is 6. The zero-order valence-electron chi connectivity index (χ0n) is 60.0. The molecule has 6 aliphatic carbocycles. The van der Waals surface area contributed by atoms with Gasteiger partial charge in [0.05, 0.1) is 74.7 Å². The summed E-state index contributed by atoms with van der Waals surface area (Å²) in [6, 6.07) is 1.20. The van der Waals surface area contributed by atoms with Crippen LogP contribution in [0.4, 0.5) is 20.2 Å². The van der Waals surface area contributed by atoms with Crippen LogP contribution < -0.4 is 41.8 Å². The number of piperazine rings is 2. The van der Waals surface area contributed by atoms with Crippen LogP contribution in [0.15, 0.2) is 85.2 Å². The van der Waals surface area contributed by atoms with Gasteiger partial charge in [-0.05, 0) is 122 Å². The van der Waals surface area contributed by atoms with Crippen molar-refractivity contribution < 1.29 is 93.5 Å². The van der Waals surface area contributed by atoms with E-state index in [0.29, 0.717) is 107 Å². The molecule has 9 atom stereocenters. The number of Topliss-reactive ketones (excluding diaryl/α,β-unsaturated/α-hetero) is 1. The molecule has 2 aromatic carbocycles. The van der Waals surface area contributed by atoms with Crippen LogP contribution in [0.5, 0.6) is 11.5 Å². The largest absolute Gasteiger partial charge is 0.519 e. The average molecular weight is 1470 g/mol. The molecule has 15 rings (SSSR count). The topological polar surface area (TPSA) is 331 Å². The molecule has 564 valence electrons. The van der Waals surface area contributed by atoms with Gasteiger partial charge < -0.3 is 74.9 Å². The number of methoxy groups -OCH3 is 2. The molecule has 3 aliphatic heterocycles. The number of esters is 4. The zero-order chi connectivity index (χ0) is 74.7. The molecule has 6 aromatic rings. The molecule has 9 unspecified atom stereocenters. The normalized spacial score (nSPS) is 26.7. The Bertz CT molecular complexity index is 4720. The molecular formula is C76H84F2N6O22. The molecule has 0 amide bonds. The predicted octanol–water partition coefficient (Wildman–Crippen LogP) is 7.26. The first kappa shape index (κ1) is 72.1. The minimum atomic E-state index is -1.69. The Morgan fingerprint density at radius 3 is 1.66 bits per heavy atom. The number of aliphatic hydroxyl groups excluding tert-OH is 1. The number of aliphatic hydroxyl groups is 1. The number of carbonyl (C=O) groups is 6. The smallest absolute Gasteiger partial charge is 0.492 e. The van der Waals surface area contributed by atoms with Crippen LogP contribution in [0.3, 0.4) is 0 Å². The number of allylic oxidation sites excluding steroid dienone is 4. The van der Waals surface area contributed by atoms with Crippen molar-refractivity contribution in [2.45, 2.75) is 160 Å². The van der Waals surface area contributed by atoms with E-state index in [1.165, 1.54) is 26.6 Å². The number of ketones is 2. The lowest BCUT2D eigenvalue weighted by Crippen LogP contribution is -2.71. The van der Waals surface area contributed by atoms with E-state index in [4.69, 9.17) is 50.8 Å². The second-order valence-corrected chi connectivity index (χ2v) is 30.2. The Morgan fingerprint density at radius 2 is 1.20 bits per heavy atom. The summed E-state index contributed by atoms with van der Waals surface area (Å²) in [6.07, 6.45) is 9.17. The summed E-state index contributed by atoms with van der Waals surface area (Å²) >= 11 is 0. The van der Waals surface area contributed by atoms with Crippen molar-refractivity contribution in [3.63, 3.8) is 0 Å². The zero-order valence-corrected chi connectivity index (χ0v) is 60.0. The van der Waals surface area contributed by atoms with Gasteiger partial charge in [0.1, 0.15) is 52.8 Å². The average Bonchev–Trinajstić information content (AvgIpc) is 1.44. The maximum atomic E-state index is 16.9. The first-order valence-electron chi connectivity index (χ1n) is 36.3. The van der Waals surface area contributed by atoms with Gasteiger partial charge in [-0.15, -0.1) is 0 Å². The molecule has 30 heteroatoms. The van der Waals surface area contributed by atoms with Crippen LogP contribution in [-0.2, 0) is 56.0 Å². The Kier molecular flexibility index (Phi) is 18.8. The molecule has 1 N–H and O–H groups in total. The molecule has 4 aromatic heterocycles. The molecule has 28 nitrogen and oxygen atoms in total. The van der Waals surface area contributed by atoms with Crippen LogP contribution >= 0.6 is 0 Å². The summed E-state index contributed by atoms with van der Waals surface area (Å²) in [4.78, 5) is 144. The van der Waals surface area contributed by atoms with Crippen molar-refractivity contribution in [2.75, 3.05) is 89.7 Å². The number of hydrogen-bond donors (Lipinski definition) is 1. The number of fused-ring (bicyclic) bond motifs is 6. The number of aryl methyl sites for hydroxylation is 2. The van der Waals surface area contributed by atoms with E-state index in [-0.39, 0.29) is 119 Å². The Hall–Kier alpha value is -9.52. The maximum absolute atomic E-state index is 16.9. The summed E-state index contributed by atoms with van der Waals surface area (Å²) in [5.74, 6) is -6.87. The fourth-order valence-corrected chi connectivity index (χ4v) is 18.4. The molecular weight excluding hydrogens is 1390 g/mol. The van der Waals surface area contributed by atoms with Crippen molar-refractivity contribution >= 4 is 68.6 Å². The van der Waals surface area contributed by atoms with Crippen molar-refractivity contribution in [2.24, 2.45) is 28.6 Å². The van der Waals surface area contributed by atoms with E-state index in [1.807, 2.05) is 19.9 Å². The van der Waals surface area contributed by atoms with Crippen LogP contribution in [0.25, 0.3) is 21.8 Å². The molecule has 1 spiro atoms. The number of aromatic nitrogens is 2. The lowest BCUT2D eigenvalue weighted by atomic mass is 9.45. The van der Waals surface area contributed by atoms with Gasteiger partial charge in [-0.1, -0.05) is 18.6 Å². The minimum absolute atomic E-state index is 0.0253. The van der Waals surface area contributed by atoms with E-state index >= 15 is 8.78 Å². The molecule has 9 aliphatic rings. The first-order valence-corrected chi connectivity index (χ1v) is 36.3. The fourth-order valence-electron chi connectivity index (χ4n) is 18.4. The van der Waals surface area contributed by atoms with Gasteiger partial charge in [0.15, 0.2) is 53.1 Å². The highest BCUT2D eigenvalue weighted by Crippen LogP contribution is 2.71. The van der Waals surface area contributed by atoms with Crippen molar-refractivity contribution in [3.05, 3.63) is 136 Å². The highest BCUT2D eigenvalue weighted by molar-refractivity contribution is 6.02. The van der Waals surface area contributed by atoms with E-state index in [2.05, 4.69) is 16.7 Å². The molecule has 8 fully saturated rings. The molecule has 106 heavy (non-hydrogen) atoms. The molecule has 3 saturated heterocycles. The summed E-state index contributed by atoms with van der Waals surface area (Å²) in [6.45, 7) is 9.56. The predicted molar refractivity (Wildman–Crippen MR) is 371 cm³/mol.